The molecule has 20 heavy (non-hydrogen) atoms. The first-order valence-electron chi connectivity index (χ1n) is 6.03. The van der Waals surface area contributed by atoms with Gasteiger partial charge in [-0.2, -0.15) is 0 Å². The third-order valence-electron chi connectivity index (χ3n) is 2.60. The fraction of sp³-hybridized carbons (Fsp3) is 0.214. The fourth-order valence-corrected chi connectivity index (χ4v) is 1.63. The molecule has 1 aromatic heterocycles. The van der Waals surface area contributed by atoms with Gasteiger partial charge in [0.25, 0.3) is 0 Å². The SMILES string of the molecule is Cc1ccc(NC(=O)Cn2ccnn2)cc1C#CCO. The van der Waals surface area contributed by atoms with Crippen LogP contribution in [0, 0.1) is 18.8 Å². The molecular weight excluding hydrogens is 256 g/mol. The summed E-state index contributed by atoms with van der Waals surface area (Å²) in [6.45, 7) is 1.83. The number of amides is 1. The highest BCUT2D eigenvalue weighted by Crippen LogP contribution is 2.14. The molecule has 0 bridgehead atoms. The number of aliphatic hydroxyl groups excluding tert-OH is 1. The van der Waals surface area contributed by atoms with Crippen molar-refractivity contribution in [1.29, 1.82) is 0 Å². The minimum absolute atomic E-state index is 0.103. The summed E-state index contributed by atoms with van der Waals surface area (Å²) in [6.07, 6.45) is 3.13. The molecular formula is C14H14N4O2. The third kappa shape index (κ3) is 3.67. The quantitative estimate of drug-likeness (QED) is 0.799. The van der Waals surface area contributed by atoms with Crippen LogP contribution in [0.5, 0.6) is 0 Å². The lowest BCUT2D eigenvalue weighted by Gasteiger charge is -2.07. The Morgan fingerprint density at radius 2 is 2.35 bits per heavy atom. The molecule has 0 radical (unpaired) electrons. The van der Waals surface area contributed by atoms with Crippen molar-refractivity contribution in [1.82, 2.24) is 15.0 Å². The molecule has 6 heteroatoms. The Hall–Kier alpha value is -2.65. The van der Waals surface area contributed by atoms with Gasteiger partial charge in [0.1, 0.15) is 13.2 Å². The number of aliphatic hydroxyl groups is 1. The van der Waals surface area contributed by atoms with Crippen LogP contribution in [0.25, 0.3) is 0 Å². The van der Waals surface area contributed by atoms with Gasteiger partial charge in [-0.1, -0.05) is 23.1 Å². The lowest BCUT2D eigenvalue weighted by atomic mass is 10.1. The Morgan fingerprint density at radius 1 is 1.50 bits per heavy atom. The highest BCUT2D eigenvalue weighted by molar-refractivity contribution is 5.90. The normalized spacial score (nSPS) is 9.70. The van der Waals surface area contributed by atoms with E-state index in [4.69, 9.17) is 5.11 Å². The van der Waals surface area contributed by atoms with Crippen LogP contribution in [-0.4, -0.2) is 32.6 Å². The van der Waals surface area contributed by atoms with Crippen molar-refractivity contribution in [2.75, 3.05) is 11.9 Å². The van der Waals surface area contributed by atoms with Gasteiger partial charge in [0.15, 0.2) is 0 Å². The fourth-order valence-electron chi connectivity index (χ4n) is 1.63. The molecule has 0 aliphatic rings. The molecule has 0 fully saturated rings. The summed E-state index contributed by atoms with van der Waals surface area (Å²) in [5.74, 6) is 5.24. The Bertz CT molecular complexity index is 654. The molecule has 0 saturated carbocycles. The number of nitrogens with zero attached hydrogens (tertiary/aromatic N) is 3. The van der Waals surface area contributed by atoms with E-state index < -0.39 is 0 Å². The van der Waals surface area contributed by atoms with Gasteiger partial charge in [-0.3, -0.25) is 4.79 Å². The highest BCUT2D eigenvalue weighted by atomic mass is 16.2. The molecule has 0 aliphatic carbocycles. The van der Waals surface area contributed by atoms with Crippen molar-refractivity contribution >= 4 is 11.6 Å². The molecule has 1 aromatic carbocycles. The van der Waals surface area contributed by atoms with Crippen LogP contribution in [0.4, 0.5) is 5.69 Å². The number of benzene rings is 1. The zero-order valence-electron chi connectivity index (χ0n) is 11.0. The van der Waals surface area contributed by atoms with Crippen LogP contribution in [0.1, 0.15) is 11.1 Å². The third-order valence-corrected chi connectivity index (χ3v) is 2.60. The molecule has 1 heterocycles. The van der Waals surface area contributed by atoms with Crippen molar-refractivity contribution in [3.63, 3.8) is 0 Å². The van der Waals surface area contributed by atoms with E-state index in [-0.39, 0.29) is 19.1 Å². The molecule has 0 spiro atoms. The monoisotopic (exact) mass is 270 g/mol. The van der Waals surface area contributed by atoms with Gasteiger partial charge in [0.2, 0.25) is 5.91 Å². The predicted octanol–water partition coefficient (Wildman–Crippen LogP) is 0.569. The first-order valence-corrected chi connectivity index (χ1v) is 6.03. The minimum Gasteiger partial charge on any atom is -0.384 e. The van der Waals surface area contributed by atoms with E-state index in [1.54, 1.807) is 18.3 Å². The zero-order valence-corrected chi connectivity index (χ0v) is 11.0. The Labute approximate surface area is 116 Å². The first kappa shape index (κ1) is 13.8. The summed E-state index contributed by atoms with van der Waals surface area (Å²) in [6, 6.07) is 5.45. The highest BCUT2D eigenvalue weighted by Gasteiger charge is 2.05. The Kier molecular flexibility index (Phi) is 4.47. The van der Waals surface area contributed by atoms with E-state index in [9.17, 15) is 4.79 Å². The van der Waals surface area contributed by atoms with E-state index in [1.807, 2.05) is 13.0 Å². The number of anilines is 1. The molecule has 0 saturated heterocycles. The maximum absolute atomic E-state index is 11.8. The van der Waals surface area contributed by atoms with E-state index in [0.29, 0.717) is 5.69 Å². The second kappa shape index (κ2) is 6.50. The first-order chi connectivity index (χ1) is 9.69. The predicted molar refractivity (Wildman–Crippen MR) is 73.8 cm³/mol. The average Bonchev–Trinajstić information content (AvgIpc) is 2.92. The number of hydrogen-bond donors (Lipinski definition) is 2. The summed E-state index contributed by atoms with van der Waals surface area (Å²) in [4.78, 5) is 11.8. The zero-order chi connectivity index (χ0) is 14.4. The maximum Gasteiger partial charge on any atom is 0.246 e. The van der Waals surface area contributed by atoms with Crippen molar-refractivity contribution < 1.29 is 9.90 Å². The molecule has 0 unspecified atom stereocenters. The van der Waals surface area contributed by atoms with Crippen molar-refractivity contribution in [3.8, 4) is 11.8 Å². The topological polar surface area (TPSA) is 80.0 Å². The number of aromatic nitrogens is 3. The maximum atomic E-state index is 11.8. The van der Waals surface area contributed by atoms with Gasteiger partial charge < -0.3 is 10.4 Å². The summed E-state index contributed by atoms with van der Waals surface area (Å²) >= 11 is 0. The number of aryl methyl sites for hydroxylation is 1. The Balaban J connectivity index is 2.07. The number of carbonyl (C=O) groups is 1. The summed E-state index contributed by atoms with van der Waals surface area (Å²) in [7, 11) is 0. The Morgan fingerprint density at radius 3 is 3.05 bits per heavy atom. The van der Waals surface area contributed by atoms with Crippen LogP contribution in [0.2, 0.25) is 0 Å². The van der Waals surface area contributed by atoms with Crippen LogP contribution in [0.15, 0.2) is 30.6 Å². The molecule has 1 amide bonds. The van der Waals surface area contributed by atoms with Crippen LogP contribution >= 0.6 is 0 Å². The van der Waals surface area contributed by atoms with E-state index in [1.165, 1.54) is 10.9 Å². The van der Waals surface area contributed by atoms with Gasteiger partial charge in [0.05, 0.1) is 6.20 Å². The van der Waals surface area contributed by atoms with E-state index >= 15 is 0 Å². The summed E-state index contributed by atoms with van der Waals surface area (Å²) in [5.41, 5.74) is 2.42. The van der Waals surface area contributed by atoms with Crippen LogP contribution < -0.4 is 5.32 Å². The second-order valence-electron chi connectivity index (χ2n) is 4.14. The van der Waals surface area contributed by atoms with Crippen molar-refractivity contribution in [3.05, 3.63) is 41.7 Å². The molecule has 2 rings (SSSR count). The lowest BCUT2D eigenvalue weighted by molar-refractivity contribution is -0.116. The second-order valence-corrected chi connectivity index (χ2v) is 4.14. The summed E-state index contributed by atoms with van der Waals surface area (Å²) in [5, 5.41) is 18.8. The number of carbonyl (C=O) groups excluding carboxylic acids is 1. The molecule has 2 aromatic rings. The van der Waals surface area contributed by atoms with Gasteiger partial charge in [0, 0.05) is 17.4 Å². The van der Waals surface area contributed by atoms with Crippen LogP contribution in [-0.2, 0) is 11.3 Å². The molecule has 0 aliphatic heterocycles. The standard InChI is InChI=1S/C14H14N4O2/c1-11-4-5-13(9-12(11)3-2-8-19)16-14(20)10-18-7-6-15-17-18/h4-7,9,19H,8,10H2,1H3,(H,16,20). The minimum atomic E-state index is -0.194. The van der Waals surface area contributed by atoms with Crippen molar-refractivity contribution in [2.24, 2.45) is 0 Å². The average molecular weight is 270 g/mol. The lowest BCUT2D eigenvalue weighted by Crippen LogP contribution is -2.19. The van der Waals surface area contributed by atoms with Crippen molar-refractivity contribution in [2.45, 2.75) is 13.5 Å². The largest absolute Gasteiger partial charge is 0.384 e. The van der Waals surface area contributed by atoms with Gasteiger partial charge in [-0.25, -0.2) is 4.68 Å². The number of nitrogens with one attached hydrogen (secondary N) is 1. The van der Waals surface area contributed by atoms with E-state index in [0.717, 1.165) is 11.1 Å². The number of hydrogen-bond acceptors (Lipinski definition) is 4. The molecule has 2 N–H and O–H groups in total. The van der Waals surface area contributed by atoms with Gasteiger partial charge in [-0.05, 0) is 24.6 Å². The van der Waals surface area contributed by atoms with E-state index in [2.05, 4.69) is 27.5 Å². The van der Waals surface area contributed by atoms with Crippen LogP contribution in [0.3, 0.4) is 0 Å². The summed E-state index contributed by atoms with van der Waals surface area (Å²) < 4.78 is 1.44. The van der Waals surface area contributed by atoms with Gasteiger partial charge in [-0.15, -0.1) is 5.10 Å². The molecule has 6 nitrogen and oxygen atoms in total. The molecule has 102 valence electrons. The number of rotatable bonds is 3. The smallest absolute Gasteiger partial charge is 0.246 e. The molecule has 0 atom stereocenters. The van der Waals surface area contributed by atoms with Gasteiger partial charge >= 0.3 is 0 Å².